The van der Waals surface area contributed by atoms with Crippen LogP contribution < -0.4 is 0 Å². The fourth-order valence-electron chi connectivity index (χ4n) is 2.01. The van der Waals surface area contributed by atoms with E-state index in [9.17, 15) is 4.79 Å². The highest BCUT2D eigenvalue weighted by Gasteiger charge is 2.27. The standard InChI is InChI=1S/C12H19NO2/c1-8-6-10(9(2)13(8)5)12(3,4)7-11(14)15/h6H,7H2,1-5H3,(H,14,15). The van der Waals surface area contributed by atoms with Crippen LogP contribution in [0, 0.1) is 13.8 Å². The van der Waals surface area contributed by atoms with E-state index in [1.54, 1.807) is 0 Å². The maximum absolute atomic E-state index is 10.8. The van der Waals surface area contributed by atoms with Crippen LogP contribution in [-0.2, 0) is 17.3 Å². The second kappa shape index (κ2) is 3.72. The van der Waals surface area contributed by atoms with E-state index in [2.05, 4.69) is 10.6 Å². The summed E-state index contributed by atoms with van der Waals surface area (Å²) in [5.41, 5.74) is 3.15. The molecular formula is C12H19NO2. The summed E-state index contributed by atoms with van der Waals surface area (Å²) in [5, 5.41) is 8.87. The number of carboxylic acids is 1. The molecule has 0 aliphatic heterocycles. The Bertz CT molecular complexity index is 389. The monoisotopic (exact) mass is 209 g/mol. The average Bonchev–Trinajstić information content (AvgIpc) is 2.31. The van der Waals surface area contributed by atoms with Gasteiger partial charge in [0.1, 0.15) is 0 Å². The molecule has 1 aromatic rings. The van der Waals surface area contributed by atoms with E-state index in [1.165, 1.54) is 5.69 Å². The highest BCUT2D eigenvalue weighted by molar-refractivity contribution is 5.69. The number of aliphatic carboxylic acids is 1. The molecule has 1 rings (SSSR count). The predicted molar refractivity (Wildman–Crippen MR) is 60.2 cm³/mol. The van der Waals surface area contributed by atoms with Crippen LogP contribution in [0.25, 0.3) is 0 Å². The molecule has 0 saturated heterocycles. The van der Waals surface area contributed by atoms with Crippen molar-refractivity contribution >= 4 is 5.97 Å². The summed E-state index contributed by atoms with van der Waals surface area (Å²) in [6.45, 7) is 8.02. The van der Waals surface area contributed by atoms with Gasteiger partial charge in [0.2, 0.25) is 0 Å². The molecule has 0 unspecified atom stereocenters. The van der Waals surface area contributed by atoms with E-state index in [-0.39, 0.29) is 11.8 Å². The summed E-state index contributed by atoms with van der Waals surface area (Å²) in [4.78, 5) is 10.8. The lowest BCUT2D eigenvalue weighted by Crippen LogP contribution is -2.22. The highest BCUT2D eigenvalue weighted by atomic mass is 16.4. The molecule has 0 fully saturated rings. The number of hydrogen-bond acceptors (Lipinski definition) is 1. The molecule has 84 valence electrons. The number of nitrogens with zero attached hydrogens (tertiary/aromatic N) is 1. The Kier molecular flexibility index (Phi) is 2.93. The summed E-state index contributed by atoms with van der Waals surface area (Å²) < 4.78 is 2.10. The van der Waals surface area contributed by atoms with Crippen molar-refractivity contribution in [1.82, 2.24) is 4.57 Å². The Balaban J connectivity index is 3.15. The third kappa shape index (κ3) is 2.22. The number of rotatable bonds is 3. The number of hydrogen-bond donors (Lipinski definition) is 1. The van der Waals surface area contributed by atoms with Gasteiger partial charge in [-0.3, -0.25) is 4.79 Å². The lowest BCUT2D eigenvalue weighted by molar-refractivity contribution is -0.138. The lowest BCUT2D eigenvalue weighted by Gasteiger charge is -2.22. The normalized spacial score (nSPS) is 11.8. The zero-order valence-electron chi connectivity index (χ0n) is 10.1. The van der Waals surface area contributed by atoms with Gasteiger partial charge in [0.25, 0.3) is 0 Å². The average molecular weight is 209 g/mol. The first-order chi connectivity index (χ1) is 6.75. The first kappa shape index (κ1) is 11.8. The van der Waals surface area contributed by atoms with Gasteiger partial charge in [-0.2, -0.15) is 0 Å². The predicted octanol–water partition coefficient (Wildman–Crippen LogP) is 2.39. The van der Waals surface area contributed by atoms with Crippen molar-refractivity contribution in [2.24, 2.45) is 7.05 Å². The van der Waals surface area contributed by atoms with Crippen LogP contribution in [0.2, 0.25) is 0 Å². The molecule has 0 aliphatic carbocycles. The minimum Gasteiger partial charge on any atom is -0.481 e. The molecule has 0 aromatic carbocycles. The first-order valence-electron chi connectivity index (χ1n) is 5.11. The van der Waals surface area contributed by atoms with Crippen LogP contribution in [-0.4, -0.2) is 15.6 Å². The van der Waals surface area contributed by atoms with Crippen LogP contribution >= 0.6 is 0 Å². The molecule has 0 aliphatic rings. The van der Waals surface area contributed by atoms with Crippen LogP contribution in [0.4, 0.5) is 0 Å². The lowest BCUT2D eigenvalue weighted by atomic mass is 9.81. The maximum atomic E-state index is 10.8. The quantitative estimate of drug-likeness (QED) is 0.830. The molecule has 0 spiro atoms. The van der Waals surface area contributed by atoms with Gasteiger partial charge >= 0.3 is 5.97 Å². The van der Waals surface area contributed by atoms with E-state index in [4.69, 9.17) is 5.11 Å². The minimum atomic E-state index is -0.749. The van der Waals surface area contributed by atoms with Crippen molar-refractivity contribution < 1.29 is 9.90 Å². The largest absolute Gasteiger partial charge is 0.481 e. The minimum absolute atomic E-state index is 0.164. The van der Waals surface area contributed by atoms with Crippen molar-refractivity contribution in [3.8, 4) is 0 Å². The molecule has 0 atom stereocenters. The van der Waals surface area contributed by atoms with Gasteiger partial charge in [-0.15, -0.1) is 0 Å². The molecule has 0 bridgehead atoms. The van der Waals surface area contributed by atoms with E-state index in [1.807, 2.05) is 34.7 Å². The zero-order valence-corrected chi connectivity index (χ0v) is 10.1. The SMILES string of the molecule is Cc1cc(C(C)(C)CC(=O)O)c(C)n1C. The molecule has 1 heterocycles. The van der Waals surface area contributed by atoms with Crippen molar-refractivity contribution in [1.29, 1.82) is 0 Å². The first-order valence-corrected chi connectivity index (χ1v) is 5.11. The van der Waals surface area contributed by atoms with Gasteiger partial charge in [-0.1, -0.05) is 13.8 Å². The third-order valence-electron chi connectivity index (χ3n) is 3.10. The van der Waals surface area contributed by atoms with Gasteiger partial charge in [-0.25, -0.2) is 0 Å². The maximum Gasteiger partial charge on any atom is 0.304 e. The Morgan fingerprint density at radius 2 is 2.00 bits per heavy atom. The number of carboxylic acid groups (broad SMARTS) is 1. The van der Waals surface area contributed by atoms with Crippen LogP contribution in [0.1, 0.15) is 37.2 Å². The Morgan fingerprint density at radius 1 is 1.47 bits per heavy atom. The van der Waals surface area contributed by atoms with Crippen LogP contribution in [0.5, 0.6) is 0 Å². The van der Waals surface area contributed by atoms with E-state index in [0.29, 0.717) is 0 Å². The fourth-order valence-corrected chi connectivity index (χ4v) is 2.01. The molecule has 3 nitrogen and oxygen atoms in total. The molecule has 0 amide bonds. The number of aromatic nitrogens is 1. The Labute approximate surface area is 90.7 Å². The summed E-state index contributed by atoms with van der Waals surface area (Å²) in [7, 11) is 2.00. The van der Waals surface area contributed by atoms with Gasteiger partial charge in [-0.05, 0) is 25.5 Å². The number of carbonyl (C=O) groups is 1. The molecule has 1 aromatic heterocycles. The summed E-state index contributed by atoms with van der Waals surface area (Å²) in [5.74, 6) is -0.749. The van der Waals surface area contributed by atoms with Crippen molar-refractivity contribution in [2.45, 2.75) is 39.5 Å². The fraction of sp³-hybridized carbons (Fsp3) is 0.583. The van der Waals surface area contributed by atoms with Crippen LogP contribution in [0.15, 0.2) is 6.07 Å². The molecule has 0 saturated carbocycles. The summed E-state index contributed by atoms with van der Waals surface area (Å²) in [6, 6.07) is 2.08. The van der Waals surface area contributed by atoms with E-state index in [0.717, 1.165) is 11.3 Å². The molecular weight excluding hydrogens is 190 g/mol. The van der Waals surface area contributed by atoms with Crippen LogP contribution in [0.3, 0.4) is 0 Å². The number of aryl methyl sites for hydroxylation is 1. The third-order valence-corrected chi connectivity index (χ3v) is 3.10. The Morgan fingerprint density at radius 3 is 2.33 bits per heavy atom. The molecule has 3 heteroatoms. The highest BCUT2D eigenvalue weighted by Crippen LogP contribution is 2.31. The van der Waals surface area contributed by atoms with E-state index < -0.39 is 5.97 Å². The van der Waals surface area contributed by atoms with Gasteiger partial charge in [0.05, 0.1) is 6.42 Å². The van der Waals surface area contributed by atoms with Gasteiger partial charge in [0.15, 0.2) is 0 Å². The molecule has 0 radical (unpaired) electrons. The topological polar surface area (TPSA) is 42.2 Å². The second-order valence-electron chi connectivity index (χ2n) is 4.80. The summed E-state index contributed by atoms with van der Waals surface area (Å²) in [6.07, 6.45) is 0.164. The van der Waals surface area contributed by atoms with Crippen molar-refractivity contribution in [3.05, 3.63) is 23.0 Å². The van der Waals surface area contributed by atoms with Gasteiger partial charge < -0.3 is 9.67 Å². The smallest absolute Gasteiger partial charge is 0.304 e. The molecule has 1 N–H and O–H groups in total. The summed E-state index contributed by atoms with van der Waals surface area (Å²) >= 11 is 0. The van der Waals surface area contributed by atoms with E-state index >= 15 is 0 Å². The zero-order chi connectivity index (χ0) is 11.8. The second-order valence-corrected chi connectivity index (χ2v) is 4.80. The Hall–Kier alpha value is -1.25. The van der Waals surface area contributed by atoms with Gasteiger partial charge in [0, 0.05) is 23.9 Å². The van der Waals surface area contributed by atoms with Crippen molar-refractivity contribution in [3.63, 3.8) is 0 Å². The van der Waals surface area contributed by atoms with Crippen molar-refractivity contribution in [2.75, 3.05) is 0 Å². The molecule has 15 heavy (non-hydrogen) atoms.